The van der Waals surface area contributed by atoms with E-state index in [0.29, 0.717) is 17.4 Å². The van der Waals surface area contributed by atoms with Crippen molar-refractivity contribution in [1.82, 2.24) is 15.1 Å². The van der Waals surface area contributed by atoms with Crippen molar-refractivity contribution in [3.8, 4) is 11.4 Å². The zero-order valence-corrected chi connectivity index (χ0v) is 16.4. The second kappa shape index (κ2) is 6.87. The van der Waals surface area contributed by atoms with Crippen molar-refractivity contribution in [2.45, 2.75) is 32.5 Å². The Morgan fingerprint density at radius 2 is 1.80 bits per heavy atom. The average Bonchev–Trinajstić information content (AvgIpc) is 3.42. The van der Waals surface area contributed by atoms with Crippen LogP contribution in [0.4, 0.5) is 5.69 Å². The zero-order chi connectivity index (χ0) is 20.8. The Morgan fingerprint density at radius 1 is 1.00 bits per heavy atom. The molecule has 2 aliphatic rings. The second-order valence-electron chi connectivity index (χ2n) is 7.42. The number of rotatable bonds is 4. The van der Waals surface area contributed by atoms with Crippen molar-refractivity contribution in [1.29, 1.82) is 0 Å². The minimum atomic E-state index is -0.863. The molecule has 0 bridgehead atoms. The number of anilines is 1. The summed E-state index contributed by atoms with van der Waals surface area (Å²) in [6.07, 6.45) is 0. The largest absolute Gasteiger partial charge is 0.337 e. The normalized spacial score (nSPS) is 20.3. The van der Waals surface area contributed by atoms with Crippen LogP contribution in [0.25, 0.3) is 11.4 Å². The summed E-state index contributed by atoms with van der Waals surface area (Å²) in [4.78, 5) is 31.4. The van der Waals surface area contributed by atoms with E-state index in [4.69, 9.17) is 4.52 Å². The van der Waals surface area contributed by atoms with Gasteiger partial charge in [0.1, 0.15) is 6.54 Å². The molecule has 3 aromatic rings. The molecule has 9 heteroatoms. The summed E-state index contributed by atoms with van der Waals surface area (Å²) in [7, 11) is 0. The molecular weight excluding hydrogens is 384 g/mol. The van der Waals surface area contributed by atoms with E-state index < -0.39 is 12.1 Å². The number of amides is 2. The fourth-order valence-corrected chi connectivity index (χ4v) is 3.66. The predicted octanol–water partition coefficient (Wildman–Crippen LogP) is 2.85. The third-order valence-corrected chi connectivity index (χ3v) is 5.19. The molecule has 2 amide bonds. The fraction of sp³-hybridized carbons (Fsp3) is 0.238. The molecule has 0 N–H and O–H groups in total. The number of imide groups is 1. The molecule has 1 aromatic heterocycles. The van der Waals surface area contributed by atoms with Gasteiger partial charge in [-0.2, -0.15) is 10.1 Å². The van der Waals surface area contributed by atoms with Gasteiger partial charge in [0.05, 0.1) is 5.69 Å². The highest BCUT2D eigenvalue weighted by atomic mass is 16.5. The van der Waals surface area contributed by atoms with Crippen molar-refractivity contribution in [3.05, 3.63) is 65.5 Å². The molecule has 3 heterocycles. The van der Waals surface area contributed by atoms with Gasteiger partial charge < -0.3 is 4.52 Å². The summed E-state index contributed by atoms with van der Waals surface area (Å²) in [6.45, 7) is 4.01. The van der Waals surface area contributed by atoms with Crippen LogP contribution in [0.3, 0.4) is 0 Å². The molecule has 0 spiro atoms. The zero-order valence-electron chi connectivity index (χ0n) is 16.4. The summed E-state index contributed by atoms with van der Waals surface area (Å²) >= 11 is 0. The van der Waals surface area contributed by atoms with Crippen LogP contribution in [-0.2, 0) is 16.1 Å². The molecule has 2 aromatic carbocycles. The average molecular weight is 402 g/mol. The first-order chi connectivity index (χ1) is 14.5. The van der Waals surface area contributed by atoms with Crippen molar-refractivity contribution in [3.63, 3.8) is 0 Å². The highest BCUT2D eigenvalue weighted by Gasteiger charge is 2.55. The third kappa shape index (κ3) is 2.95. The predicted molar refractivity (Wildman–Crippen MR) is 106 cm³/mol. The Kier molecular flexibility index (Phi) is 4.16. The number of hydrogen-bond donors (Lipinski definition) is 0. The lowest BCUT2D eigenvalue weighted by atomic mass is 10.1. The van der Waals surface area contributed by atoms with Gasteiger partial charge in [-0.05, 0) is 32.0 Å². The smallest absolute Gasteiger partial charge is 0.263 e. The molecule has 30 heavy (non-hydrogen) atoms. The Bertz CT molecular complexity index is 1170. The van der Waals surface area contributed by atoms with Gasteiger partial charge in [-0.1, -0.05) is 51.8 Å². The first kappa shape index (κ1) is 18.2. The number of carbonyl (C=O) groups is 2. The molecule has 5 rings (SSSR count). The van der Waals surface area contributed by atoms with E-state index in [-0.39, 0.29) is 18.4 Å². The molecule has 9 nitrogen and oxygen atoms in total. The molecule has 0 aliphatic carbocycles. The van der Waals surface area contributed by atoms with E-state index in [1.165, 1.54) is 9.91 Å². The molecular formula is C21H18N6O3. The molecule has 150 valence electrons. The van der Waals surface area contributed by atoms with E-state index in [1.807, 2.05) is 50.2 Å². The van der Waals surface area contributed by atoms with Gasteiger partial charge >= 0.3 is 0 Å². The number of aryl methyl sites for hydroxylation is 2. The minimum absolute atomic E-state index is 0.0875. The van der Waals surface area contributed by atoms with Crippen LogP contribution in [0.15, 0.2) is 63.4 Å². The van der Waals surface area contributed by atoms with E-state index in [9.17, 15) is 9.59 Å². The van der Waals surface area contributed by atoms with Crippen LogP contribution in [0, 0.1) is 13.8 Å². The van der Waals surface area contributed by atoms with E-state index >= 15 is 0 Å². The second-order valence-corrected chi connectivity index (χ2v) is 7.42. The van der Waals surface area contributed by atoms with E-state index in [2.05, 4.69) is 20.5 Å². The lowest BCUT2D eigenvalue weighted by molar-refractivity contribution is -0.123. The number of fused-ring (bicyclic) bond motifs is 1. The third-order valence-electron chi connectivity index (χ3n) is 5.19. The molecule has 2 atom stereocenters. The molecule has 2 aliphatic heterocycles. The van der Waals surface area contributed by atoms with Gasteiger partial charge in [0.15, 0.2) is 12.1 Å². The molecule has 0 unspecified atom stereocenters. The van der Waals surface area contributed by atoms with Gasteiger partial charge in [0, 0.05) is 5.56 Å². The van der Waals surface area contributed by atoms with Crippen molar-refractivity contribution < 1.29 is 14.1 Å². The number of nitrogens with zero attached hydrogens (tertiary/aromatic N) is 6. The maximum absolute atomic E-state index is 13.0. The first-order valence-electron chi connectivity index (χ1n) is 9.53. The molecule has 0 radical (unpaired) electrons. The van der Waals surface area contributed by atoms with Crippen LogP contribution in [0.5, 0.6) is 0 Å². The summed E-state index contributed by atoms with van der Waals surface area (Å²) in [5.74, 6) is -0.00000794. The van der Waals surface area contributed by atoms with Crippen LogP contribution in [-0.4, -0.2) is 39.0 Å². The quantitative estimate of drug-likeness (QED) is 0.622. The van der Waals surface area contributed by atoms with Crippen LogP contribution in [0.2, 0.25) is 0 Å². The SMILES string of the molecule is Cc1ccc(N2C(=O)[C@@H]3N=NN(Cc4nc(-c5cccc(C)c5)no4)[C@H]3C2=O)cc1. The lowest BCUT2D eigenvalue weighted by Crippen LogP contribution is -2.39. The van der Waals surface area contributed by atoms with Crippen LogP contribution < -0.4 is 4.90 Å². The maximum atomic E-state index is 13.0. The number of carbonyl (C=O) groups excluding carboxylic acids is 2. The molecule has 0 saturated carbocycles. The van der Waals surface area contributed by atoms with Gasteiger partial charge in [-0.15, -0.1) is 0 Å². The summed E-state index contributed by atoms with van der Waals surface area (Å²) in [5, 5.41) is 13.5. The van der Waals surface area contributed by atoms with Gasteiger partial charge in [-0.3, -0.25) is 14.6 Å². The van der Waals surface area contributed by atoms with E-state index in [0.717, 1.165) is 16.7 Å². The van der Waals surface area contributed by atoms with Crippen molar-refractivity contribution in [2.24, 2.45) is 10.3 Å². The molecule has 1 fully saturated rings. The highest BCUT2D eigenvalue weighted by molar-refractivity contribution is 6.25. The maximum Gasteiger partial charge on any atom is 0.263 e. The Hall–Kier alpha value is -3.88. The lowest BCUT2D eigenvalue weighted by Gasteiger charge is -2.19. The summed E-state index contributed by atoms with van der Waals surface area (Å²) in [5.41, 5.74) is 3.49. The van der Waals surface area contributed by atoms with E-state index in [1.54, 1.807) is 12.1 Å². The summed E-state index contributed by atoms with van der Waals surface area (Å²) < 4.78 is 5.34. The fourth-order valence-electron chi connectivity index (χ4n) is 3.66. The Balaban J connectivity index is 1.36. The minimum Gasteiger partial charge on any atom is -0.337 e. The Labute approximate surface area is 172 Å². The topological polar surface area (TPSA) is 104 Å². The van der Waals surface area contributed by atoms with Crippen molar-refractivity contribution in [2.75, 3.05) is 4.90 Å². The summed E-state index contributed by atoms with van der Waals surface area (Å²) in [6, 6.07) is 13.3. The molecule has 1 saturated heterocycles. The van der Waals surface area contributed by atoms with Crippen molar-refractivity contribution >= 4 is 17.5 Å². The van der Waals surface area contributed by atoms with Gasteiger partial charge in [0.2, 0.25) is 11.7 Å². The number of benzene rings is 2. The van der Waals surface area contributed by atoms with Crippen LogP contribution in [0.1, 0.15) is 17.0 Å². The number of aromatic nitrogens is 2. The number of hydrogen-bond acceptors (Lipinski definition) is 8. The standard InChI is InChI=1S/C21H18N6O3/c1-12-6-8-15(9-7-12)27-20(28)17-18(21(27)29)26(25-23-17)11-16-22-19(24-30-16)14-5-3-4-13(2)10-14/h3-10,17-18H,11H2,1-2H3/t17-,18-/m1/s1. The first-order valence-corrected chi connectivity index (χ1v) is 9.53. The monoisotopic (exact) mass is 402 g/mol. The highest BCUT2D eigenvalue weighted by Crippen LogP contribution is 2.32. The Morgan fingerprint density at radius 3 is 2.57 bits per heavy atom. The van der Waals surface area contributed by atoms with Crippen LogP contribution >= 0.6 is 0 Å². The van der Waals surface area contributed by atoms with Gasteiger partial charge in [-0.25, -0.2) is 4.90 Å². The van der Waals surface area contributed by atoms with Gasteiger partial charge in [0.25, 0.3) is 11.8 Å².